The van der Waals surface area contributed by atoms with Gasteiger partial charge in [0.1, 0.15) is 0 Å². The van der Waals surface area contributed by atoms with E-state index in [-0.39, 0.29) is 0 Å². The molecule has 0 spiro atoms. The van der Waals surface area contributed by atoms with Gasteiger partial charge < -0.3 is 14.5 Å². The van der Waals surface area contributed by atoms with E-state index in [1.165, 1.54) is 51.4 Å². The number of hydrogen-bond acceptors (Lipinski definition) is 3. The standard InChI is InChI=1S/C19H39N3O3/c1-5-6-7-8-9-10-11-12-13-14-17-25-19(24)21-18(23)20-15-16-22(2,3)4/h5-17H2,1-4H3,(H-,20,21,23,24)/p+1. The maximum atomic E-state index is 11.5. The Hall–Kier alpha value is -1.30. The predicted octanol–water partition coefficient (Wildman–Crippen LogP) is 4.05. The van der Waals surface area contributed by atoms with Gasteiger partial charge in [0, 0.05) is 0 Å². The number of ether oxygens (including phenoxy) is 1. The molecule has 25 heavy (non-hydrogen) atoms. The Balaban J connectivity index is 3.39. The van der Waals surface area contributed by atoms with Gasteiger partial charge in [0.05, 0.1) is 40.8 Å². The average Bonchev–Trinajstić information content (AvgIpc) is 2.51. The van der Waals surface area contributed by atoms with Crippen molar-refractivity contribution in [3.63, 3.8) is 0 Å². The minimum Gasteiger partial charge on any atom is -0.449 e. The van der Waals surface area contributed by atoms with Crippen LogP contribution < -0.4 is 10.6 Å². The molecule has 6 heteroatoms. The van der Waals surface area contributed by atoms with Crippen molar-refractivity contribution in [3.8, 4) is 0 Å². The SMILES string of the molecule is CCCCCCCCCCCCOC(=O)NC(=O)NCC[N+](C)(C)C. The summed E-state index contributed by atoms with van der Waals surface area (Å²) in [4.78, 5) is 23.0. The molecule has 6 nitrogen and oxygen atoms in total. The molecule has 0 aliphatic rings. The van der Waals surface area contributed by atoms with E-state index in [2.05, 4.69) is 17.6 Å². The molecule has 0 aromatic rings. The molecule has 0 saturated heterocycles. The fraction of sp³-hybridized carbons (Fsp3) is 0.895. The second-order valence-corrected chi connectivity index (χ2v) is 7.71. The number of carbonyl (C=O) groups excluding carboxylic acids is 2. The number of unbranched alkanes of at least 4 members (excludes halogenated alkanes) is 9. The van der Waals surface area contributed by atoms with Crippen molar-refractivity contribution >= 4 is 12.1 Å². The molecule has 0 rings (SSSR count). The Labute approximate surface area is 154 Å². The number of imide groups is 1. The number of hydrogen-bond donors (Lipinski definition) is 2. The topological polar surface area (TPSA) is 67.4 Å². The van der Waals surface area contributed by atoms with Gasteiger partial charge in [-0.25, -0.2) is 14.9 Å². The van der Waals surface area contributed by atoms with Gasteiger partial charge in [-0.3, -0.25) is 0 Å². The van der Waals surface area contributed by atoms with Crippen molar-refractivity contribution < 1.29 is 18.8 Å². The molecule has 0 aromatic heterocycles. The number of carbonyl (C=O) groups is 2. The summed E-state index contributed by atoms with van der Waals surface area (Å²) in [7, 11) is 6.13. The summed E-state index contributed by atoms with van der Waals surface area (Å²) < 4.78 is 5.77. The van der Waals surface area contributed by atoms with Crippen LogP contribution in [0.4, 0.5) is 9.59 Å². The smallest absolute Gasteiger partial charge is 0.415 e. The Morgan fingerprint density at radius 3 is 1.88 bits per heavy atom. The summed E-state index contributed by atoms with van der Waals surface area (Å²) in [5, 5.41) is 4.83. The van der Waals surface area contributed by atoms with Crippen molar-refractivity contribution in [2.24, 2.45) is 0 Å². The summed E-state index contributed by atoms with van der Waals surface area (Å²) in [5.74, 6) is 0. The van der Waals surface area contributed by atoms with E-state index in [0.29, 0.717) is 13.2 Å². The molecule has 0 aliphatic carbocycles. The molecule has 3 amide bonds. The number of amides is 3. The van der Waals surface area contributed by atoms with Crippen LogP contribution in [0, 0.1) is 0 Å². The van der Waals surface area contributed by atoms with Crippen molar-refractivity contribution in [1.82, 2.24) is 10.6 Å². The summed E-state index contributed by atoms with van der Waals surface area (Å²) in [6.07, 6.45) is 11.7. The van der Waals surface area contributed by atoms with Crippen LogP contribution >= 0.6 is 0 Å². The van der Waals surface area contributed by atoms with Crippen LogP contribution in [-0.4, -0.2) is 57.4 Å². The van der Waals surface area contributed by atoms with Crippen LogP contribution in [0.25, 0.3) is 0 Å². The van der Waals surface area contributed by atoms with Crippen molar-refractivity contribution in [2.45, 2.75) is 71.1 Å². The van der Waals surface area contributed by atoms with E-state index >= 15 is 0 Å². The molecule has 0 unspecified atom stereocenters. The minimum atomic E-state index is -0.668. The van der Waals surface area contributed by atoms with Crippen LogP contribution in [0.5, 0.6) is 0 Å². The monoisotopic (exact) mass is 358 g/mol. The number of nitrogens with one attached hydrogen (secondary N) is 2. The largest absolute Gasteiger partial charge is 0.449 e. The number of quaternary nitrogens is 1. The zero-order chi connectivity index (χ0) is 19.0. The third kappa shape index (κ3) is 18.9. The normalized spacial score (nSPS) is 11.2. The average molecular weight is 359 g/mol. The third-order valence-corrected chi connectivity index (χ3v) is 4.01. The lowest BCUT2D eigenvalue weighted by atomic mass is 10.1. The van der Waals surface area contributed by atoms with Crippen molar-refractivity contribution in [1.29, 1.82) is 0 Å². The Morgan fingerprint density at radius 1 is 0.840 bits per heavy atom. The number of likely N-dealkylation sites (N-methyl/N-ethyl adjacent to an activating group) is 1. The van der Waals surface area contributed by atoms with E-state index in [9.17, 15) is 9.59 Å². The first kappa shape index (κ1) is 23.7. The molecule has 0 atom stereocenters. The zero-order valence-electron chi connectivity index (χ0n) is 16.9. The van der Waals surface area contributed by atoms with Gasteiger partial charge in [0.2, 0.25) is 0 Å². The molecule has 2 N–H and O–H groups in total. The molecule has 0 bridgehead atoms. The minimum absolute atomic E-state index is 0.370. The van der Waals surface area contributed by atoms with Gasteiger partial charge in [-0.15, -0.1) is 0 Å². The second kappa shape index (κ2) is 15.0. The Kier molecular flexibility index (Phi) is 14.2. The van der Waals surface area contributed by atoms with E-state index in [0.717, 1.165) is 23.9 Å². The molecule has 0 radical (unpaired) electrons. The molecule has 0 aromatic carbocycles. The van der Waals surface area contributed by atoms with Crippen LogP contribution in [0.2, 0.25) is 0 Å². The van der Waals surface area contributed by atoms with E-state index in [1.54, 1.807) is 0 Å². The van der Waals surface area contributed by atoms with Crippen LogP contribution in [-0.2, 0) is 4.74 Å². The highest BCUT2D eigenvalue weighted by Crippen LogP contribution is 2.10. The summed E-state index contributed by atoms with van der Waals surface area (Å²) in [6, 6.07) is -0.499. The van der Waals surface area contributed by atoms with Gasteiger partial charge in [-0.2, -0.15) is 0 Å². The highest BCUT2D eigenvalue weighted by molar-refractivity contribution is 5.90. The first-order valence-electron chi connectivity index (χ1n) is 9.87. The zero-order valence-corrected chi connectivity index (χ0v) is 16.9. The molecule has 0 aliphatic heterocycles. The fourth-order valence-corrected chi connectivity index (χ4v) is 2.43. The first-order chi connectivity index (χ1) is 11.8. The van der Waals surface area contributed by atoms with Gasteiger partial charge >= 0.3 is 12.1 Å². The molecular formula is C19H40N3O3+. The number of alkyl carbamates (subject to hydrolysis) is 1. The highest BCUT2D eigenvalue weighted by atomic mass is 16.5. The van der Waals surface area contributed by atoms with Gasteiger partial charge in [0.25, 0.3) is 0 Å². The maximum Gasteiger partial charge on any atom is 0.415 e. The van der Waals surface area contributed by atoms with Gasteiger partial charge in [-0.05, 0) is 6.42 Å². The molecule has 0 fully saturated rings. The lowest BCUT2D eigenvalue weighted by molar-refractivity contribution is -0.869. The van der Waals surface area contributed by atoms with Gasteiger partial charge in [0.15, 0.2) is 0 Å². The molecule has 0 saturated carbocycles. The van der Waals surface area contributed by atoms with E-state index in [1.807, 2.05) is 21.1 Å². The second-order valence-electron chi connectivity index (χ2n) is 7.71. The molecule has 0 heterocycles. The lowest BCUT2D eigenvalue weighted by Crippen LogP contribution is -2.46. The molecular weight excluding hydrogens is 318 g/mol. The summed E-state index contributed by atoms with van der Waals surface area (Å²) in [5.41, 5.74) is 0. The quantitative estimate of drug-likeness (QED) is 0.364. The van der Waals surface area contributed by atoms with Crippen LogP contribution in [0.15, 0.2) is 0 Å². The van der Waals surface area contributed by atoms with Crippen molar-refractivity contribution in [3.05, 3.63) is 0 Å². The fourth-order valence-electron chi connectivity index (χ4n) is 2.43. The van der Waals surface area contributed by atoms with Gasteiger partial charge in [-0.1, -0.05) is 64.7 Å². The number of urea groups is 1. The Morgan fingerprint density at radius 2 is 1.36 bits per heavy atom. The number of nitrogens with zero attached hydrogens (tertiary/aromatic N) is 1. The highest BCUT2D eigenvalue weighted by Gasteiger charge is 2.10. The lowest BCUT2D eigenvalue weighted by Gasteiger charge is -2.23. The third-order valence-electron chi connectivity index (χ3n) is 4.01. The van der Waals surface area contributed by atoms with E-state index in [4.69, 9.17) is 4.74 Å². The number of rotatable bonds is 14. The van der Waals surface area contributed by atoms with Crippen molar-refractivity contribution in [2.75, 3.05) is 40.8 Å². The van der Waals surface area contributed by atoms with Crippen LogP contribution in [0.3, 0.4) is 0 Å². The first-order valence-corrected chi connectivity index (χ1v) is 9.87. The summed E-state index contributed by atoms with van der Waals surface area (Å²) in [6.45, 7) is 3.91. The van der Waals surface area contributed by atoms with E-state index < -0.39 is 12.1 Å². The summed E-state index contributed by atoms with van der Waals surface area (Å²) >= 11 is 0. The van der Waals surface area contributed by atoms with Crippen LogP contribution in [0.1, 0.15) is 71.1 Å². The maximum absolute atomic E-state index is 11.5. The molecule has 148 valence electrons. The predicted molar refractivity (Wildman–Crippen MR) is 103 cm³/mol. The Bertz CT molecular complexity index is 354.